The Bertz CT molecular complexity index is 980. The number of rotatable bonds is 7. The van der Waals surface area contributed by atoms with E-state index in [4.69, 9.17) is 4.74 Å². The first-order valence-corrected chi connectivity index (χ1v) is 10.9. The Morgan fingerprint density at radius 1 is 1.25 bits per heavy atom. The molecule has 0 saturated heterocycles. The number of methoxy groups -OCH3 is 1. The van der Waals surface area contributed by atoms with Gasteiger partial charge in [0, 0.05) is 16.2 Å². The zero-order valence-corrected chi connectivity index (χ0v) is 18.7. The number of aryl methyl sites for hydroxylation is 1. The zero-order valence-electron chi connectivity index (χ0n) is 15.5. The number of halogens is 1. The van der Waals surface area contributed by atoms with Crippen molar-refractivity contribution in [1.29, 1.82) is 0 Å². The van der Waals surface area contributed by atoms with Crippen LogP contribution in [0, 0.1) is 6.92 Å². The first-order chi connectivity index (χ1) is 13.4. The highest BCUT2D eigenvalue weighted by atomic mass is 79.9. The number of hydrogen-bond acceptors (Lipinski definition) is 7. The van der Waals surface area contributed by atoms with Crippen molar-refractivity contribution in [2.75, 3.05) is 17.7 Å². The molecule has 9 heteroatoms. The lowest BCUT2D eigenvalue weighted by atomic mass is 10.2. The Balaban J connectivity index is 1.59. The summed E-state index contributed by atoms with van der Waals surface area (Å²) in [6.07, 6.45) is 0. The van der Waals surface area contributed by atoms with Crippen molar-refractivity contribution in [2.45, 2.75) is 23.4 Å². The highest BCUT2D eigenvalue weighted by molar-refractivity contribution is 9.10. The lowest BCUT2D eigenvalue weighted by Crippen LogP contribution is -2.22. The fraction of sp³-hybridized carbons (Fsp3) is 0.211. The summed E-state index contributed by atoms with van der Waals surface area (Å²) >= 11 is 6.25. The summed E-state index contributed by atoms with van der Waals surface area (Å²) in [6.45, 7) is 3.85. The van der Waals surface area contributed by atoms with Crippen molar-refractivity contribution >= 4 is 61.4 Å². The predicted molar refractivity (Wildman–Crippen MR) is 119 cm³/mol. The number of amides is 1. The van der Waals surface area contributed by atoms with Gasteiger partial charge in [-0.2, -0.15) is 0 Å². The molecule has 0 aliphatic rings. The summed E-state index contributed by atoms with van der Waals surface area (Å²) in [5.41, 5.74) is 2.74. The lowest BCUT2D eigenvalue weighted by Gasteiger charge is -2.12. The van der Waals surface area contributed by atoms with E-state index in [9.17, 15) is 4.79 Å². The smallest absolute Gasteiger partial charge is 0.237 e. The molecule has 1 heterocycles. The maximum Gasteiger partial charge on any atom is 0.237 e. The summed E-state index contributed by atoms with van der Waals surface area (Å²) in [6, 6.07) is 13.4. The van der Waals surface area contributed by atoms with Crippen LogP contribution >= 0.6 is 39.0 Å². The van der Waals surface area contributed by atoms with Crippen molar-refractivity contribution in [3.63, 3.8) is 0 Å². The van der Waals surface area contributed by atoms with E-state index < -0.39 is 0 Å². The molecule has 1 aromatic heterocycles. The highest BCUT2D eigenvalue weighted by Gasteiger charge is 2.18. The van der Waals surface area contributed by atoms with E-state index in [1.165, 1.54) is 23.1 Å². The fourth-order valence-corrected chi connectivity index (χ4v) is 4.80. The number of carbonyl (C=O) groups is 1. The minimum Gasteiger partial charge on any atom is -0.497 e. The number of benzene rings is 2. The van der Waals surface area contributed by atoms with Gasteiger partial charge in [0.25, 0.3) is 0 Å². The number of nitrogens with zero attached hydrogens (tertiary/aromatic N) is 2. The Morgan fingerprint density at radius 2 is 2.07 bits per heavy atom. The monoisotopic (exact) mass is 478 g/mol. The van der Waals surface area contributed by atoms with Crippen molar-refractivity contribution in [2.24, 2.45) is 0 Å². The van der Waals surface area contributed by atoms with Gasteiger partial charge in [0.1, 0.15) is 5.75 Å². The standard InChI is InChI=1S/C19H19BrN4O2S2/c1-11-7-8-16(15(20)9-11)22-17(25)12(2)27-19-24-23-18(28-19)21-13-5-4-6-14(10-13)26-3/h4-10,12H,1-3H3,(H,21,23)(H,22,25). The number of nitrogens with one attached hydrogen (secondary N) is 2. The van der Waals surface area contributed by atoms with Gasteiger partial charge in [-0.05, 0) is 59.6 Å². The molecule has 1 unspecified atom stereocenters. The molecule has 6 nitrogen and oxygen atoms in total. The van der Waals surface area contributed by atoms with Gasteiger partial charge in [0.2, 0.25) is 11.0 Å². The van der Waals surface area contributed by atoms with Gasteiger partial charge in [-0.25, -0.2) is 0 Å². The Kier molecular flexibility index (Phi) is 6.93. The minimum atomic E-state index is -0.314. The van der Waals surface area contributed by atoms with Crippen molar-refractivity contribution in [3.8, 4) is 5.75 Å². The van der Waals surface area contributed by atoms with Crippen LogP contribution in [-0.2, 0) is 4.79 Å². The molecule has 0 spiro atoms. The molecule has 0 aliphatic carbocycles. The van der Waals surface area contributed by atoms with Gasteiger partial charge in [-0.15, -0.1) is 10.2 Å². The van der Waals surface area contributed by atoms with Gasteiger partial charge >= 0.3 is 0 Å². The molecule has 2 N–H and O–H groups in total. The van der Waals surface area contributed by atoms with Gasteiger partial charge < -0.3 is 15.4 Å². The van der Waals surface area contributed by atoms with Gasteiger partial charge in [-0.1, -0.05) is 35.2 Å². The van der Waals surface area contributed by atoms with Crippen molar-refractivity contribution in [1.82, 2.24) is 10.2 Å². The molecular weight excluding hydrogens is 460 g/mol. The summed E-state index contributed by atoms with van der Waals surface area (Å²) in [7, 11) is 1.63. The van der Waals surface area contributed by atoms with Crippen LogP contribution in [0.25, 0.3) is 0 Å². The second-order valence-corrected chi connectivity index (χ2v) is 9.38. The van der Waals surface area contributed by atoms with Crippen LogP contribution in [0.2, 0.25) is 0 Å². The van der Waals surface area contributed by atoms with Crippen LogP contribution < -0.4 is 15.4 Å². The maximum atomic E-state index is 12.5. The lowest BCUT2D eigenvalue weighted by molar-refractivity contribution is -0.115. The Labute approximate surface area is 180 Å². The van der Waals surface area contributed by atoms with Crippen molar-refractivity contribution in [3.05, 3.63) is 52.5 Å². The SMILES string of the molecule is COc1cccc(Nc2nnc(SC(C)C(=O)Nc3ccc(C)cc3Br)s2)c1. The van der Waals surface area contributed by atoms with Gasteiger partial charge in [0.15, 0.2) is 4.34 Å². The molecule has 2 aromatic carbocycles. The average molecular weight is 479 g/mol. The Hall–Kier alpha value is -2.10. The van der Waals surface area contributed by atoms with Crippen LogP contribution in [-0.4, -0.2) is 28.5 Å². The van der Waals surface area contributed by atoms with E-state index in [2.05, 4.69) is 36.8 Å². The number of hydrogen-bond donors (Lipinski definition) is 2. The zero-order chi connectivity index (χ0) is 20.1. The quantitative estimate of drug-likeness (QED) is 0.437. The fourth-order valence-electron chi connectivity index (χ4n) is 2.29. The average Bonchev–Trinajstić information content (AvgIpc) is 3.10. The number of thioether (sulfide) groups is 1. The molecule has 28 heavy (non-hydrogen) atoms. The molecule has 0 radical (unpaired) electrons. The van der Waals surface area contributed by atoms with Crippen LogP contribution in [0.5, 0.6) is 5.75 Å². The summed E-state index contributed by atoms with van der Waals surface area (Å²) in [5, 5.41) is 14.8. The third-order valence-corrected chi connectivity index (χ3v) is 6.44. The topological polar surface area (TPSA) is 76.1 Å². The van der Waals surface area contributed by atoms with E-state index >= 15 is 0 Å². The third-order valence-electron chi connectivity index (χ3n) is 3.76. The summed E-state index contributed by atoms with van der Waals surface area (Å²) < 4.78 is 6.79. The number of carbonyl (C=O) groups excluding carboxylic acids is 1. The summed E-state index contributed by atoms with van der Waals surface area (Å²) in [4.78, 5) is 12.5. The van der Waals surface area contributed by atoms with E-state index in [0.29, 0.717) is 5.13 Å². The van der Waals surface area contributed by atoms with E-state index in [1.807, 2.05) is 56.3 Å². The summed E-state index contributed by atoms with van der Waals surface area (Å²) in [5.74, 6) is 0.670. The number of aromatic nitrogens is 2. The van der Waals surface area contributed by atoms with Gasteiger partial charge in [-0.3, -0.25) is 4.79 Å². The highest BCUT2D eigenvalue weighted by Crippen LogP contribution is 2.32. The first kappa shape index (κ1) is 20.6. The number of ether oxygens (including phenoxy) is 1. The molecule has 1 atom stereocenters. The number of anilines is 3. The molecule has 3 rings (SSSR count). The molecule has 0 fully saturated rings. The normalized spacial score (nSPS) is 11.7. The van der Waals surface area contributed by atoms with Crippen LogP contribution in [0.4, 0.5) is 16.5 Å². The second-order valence-electron chi connectivity index (χ2n) is 5.96. The predicted octanol–water partition coefficient (Wildman–Crippen LogP) is 5.48. The van der Waals surface area contributed by atoms with E-state index in [-0.39, 0.29) is 11.2 Å². The third kappa shape index (κ3) is 5.46. The first-order valence-electron chi connectivity index (χ1n) is 8.43. The Morgan fingerprint density at radius 3 is 2.82 bits per heavy atom. The molecule has 1 amide bonds. The van der Waals surface area contributed by atoms with Crippen LogP contribution in [0.15, 0.2) is 51.3 Å². The van der Waals surface area contributed by atoms with Gasteiger partial charge in [0.05, 0.1) is 18.0 Å². The van der Waals surface area contributed by atoms with Crippen LogP contribution in [0.1, 0.15) is 12.5 Å². The molecule has 146 valence electrons. The van der Waals surface area contributed by atoms with E-state index in [1.54, 1.807) is 7.11 Å². The molecule has 0 bridgehead atoms. The van der Waals surface area contributed by atoms with Crippen LogP contribution in [0.3, 0.4) is 0 Å². The maximum absolute atomic E-state index is 12.5. The molecular formula is C19H19BrN4O2S2. The molecule has 0 saturated carbocycles. The second kappa shape index (κ2) is 9.40. The largest absolute Gasteiger partial charge is 0.497 e. The molecule has 0 aliphatic heterocycles. The van der Waals surface area contributed by atoms with E-state index in [0.717, 1.165) is 31.5 Å². The van der Waals surface area contributed by atoms with Crippen molar-refractivity contribution < 1.29 is 9.53 Å². The minimum absolute atomic E-state index is 0.0907. The molecule has 3 aromatic rings.